The van der Waals surface area contributed by atoms with E-state index < -0.39 is 5.91 Å². The minimum Gasteiger partial charge on any atom is -0.295 e. The van der Waals surface area contributed by atoms with E-state index in [4.69, 9.17) is 0 Å². The van der Waals surface area contributed by atoms with Crippen LogP contribution in [0.1, 0.15) is 34.4 Å². The third-order valence-corrected chi connectivity index (χ3v) is 5.24. The number of fused-ring (bicyclic) bond motifs is 1. The molecule has 4 rings (SSSR count). The van der Waals surface area contributed by atoms with Crippen LogP contribution in [-0.2, 0) is 13.0 Å². The normalized spacial score (nSPS) is 10.9. The average molecular weight is 405 g/mol. The fourth-order valence-corrected chi connectivity index (χ4v) is 3.84. The van der Waals surface area contributed by atoms with Gasteiger partial charge in [-0.25, -0.2) is 4.68 Å². The molecular formula is C21H19N5O2S. The van der Waals surface area contributed by atoms with Gasteiger partial charge in [0.2, 0.25) is 5.13 Å². The number of carbonyl (C=O) groups excluding carboxylic acids is 1. The summed E-state index contributed by atoms with van der Waals surface area (Å²) in [4.78, 5) is 25.5. The summed E-state index contributed by atoms with van der Waals surface area (Å²) >= 11 is 1.32. The lowest BCUT2D eigenvalue weighted by Gasteiger charge is -2.09. The van der Waals surface area contributed by atoms with Gasteiger partial charge >= 0.3 is 0 Å². The Hall–Kier alpha value is -3.39. The lowest BCUT2D eigenvalue weighted by atomic mass is 10.1. The zero-order chi connectivity index (χ0) is 20.2. The number of hydrogen-bond donors (Lipinski definition) is 1. The van der Waals surface area contributed by atoms with Gasteiger partial charge in [-0.15, -0.1) is 10.2 Å². The Morgan fingerprint density at radius 1 is 1.03 bits per heavy atom. The molecule has 0 saturated heterocycles. The molecule has 0 radical (unpaired) electrons. The van der Waals surface area contributed by atoms with Crippen LogP contribution in [0.2, 0.25) is 0 Å². The number of nitrogens with one attached hydrogen (secondary N) is 1. The van der Waals surface area contributed by atoms with Gasteiger partial charge in [-0.3, -0.25) is 14.9 Å². The maximum absolute atomic E-state index is 12.9. The highest BCUT2D eigenvalue weighted by Gasteiger charge is 2.18. The van der Waals surface area contributed by atoms with Crippen LogP contribution in [0, 0.1) is 0 Å². The van der Waals surface area contributed by atoms with Crippen molar-refractivity contribution in [1.29, 1.82) is 0 Å². The smallest absolute Gasteiger partial charge is 0.278 e. The zero-order valence-electron chi connectivity index (χ0n) is 15.8. The SMILES string of the molecule is CCCn1nc(C(=O)Nc2nnc(Cc3ccccc3)s2)c2ccccc2c1=O. The van der Waals surface area contributed by atoms with E-state index in [9.17, 15) is 9.59 Å². The Morgan fingerprint density at radius 3 is 2.52 bits per heavy atom. The molecule has 2 heterocycles. The molecule has 0 bridgehead atoms. The number of aryl methyl sites for hydroxylation is 1. The second-order valence-electron chi connectivity index (χ2n) is 6.54. The van der Waals surface area contributed by atoms with Gasteiger partial charge in [0.05, 0.1) is 5.39 Å². The maximum Gasteiger partial charge on any atom is 0.278 e. The molecule has 0 unspecified atom stereocenters. The topological polar surface area (TPSA) is 89.8 Å². The summed E-state index contributed by atoms with van der Waals surface area (Å²) in [7, 11) is 0. The minimum atomic E-state index is -0.409. The van der Waals surface area contributed by atoms with E-state index in [1.807, 2.05) is 37.3 Å². The third-order valence-electron chi connectivity index (χ3n) is 4.40. The largest absolute Gasteiger partial charge is 0.295 e. The summed E-state index contributed by atoms with van der Waals surface area (Å²) in [6, 6.07) is 17.0. The van der Waals surface area contributed by atoms with Crippen LogP contribution < -0.4 is 10.9 Å². The van der Waals surface area contributed by atoms with Crippen LogP contribution in [0.25, 0.3) is 10.8 Å². The van der Waals surface area contributed by atoms with E-state index in [1.165, 1.54) is 16.0 Å². The van der Waals surface area contributed by atoms with Gasteiger partial charge in [0.1, 0.15) is 5.01 Å². The van der Waals surface area contributed by atoms with Crippen LogP contribution in [0.3, 0.4) is 0 Å². The van der Waals surface area contributed by atoms with Crippen LogP contribution in [-0.4, -0.2) is 25.9 Å². The number of carbonyl (C=O) groups is 1. The Kier molecular flexibility index (Phi) is 5.44. The number of amides is 1. The van der Waals surface area contributed by atoms with Crippen molar-refractivity contribution in [2.45, 2.75) is 26.3 Å². The highest BCUT2D eigenvalue weighted by molar-refractivity contribution is 7.15. The first-order valence-corrected chi connectivity index (χ1v) is 10.1. The van der Waals surface area contributed by atoms with Gasteiger partial charge in [0.25, 0.3) is 11.5 Å². The van der Waals surface area contributed by atoms with Gasteiger partial charge in [0.15, 0.2) is 5.69 Å². The Labute approximate surface area is 171 Å². The maximum atomic E-state index is 12.9. The molecule has 0 fully saturated rings. The third kappa shape index (κ3) is 4.07. The van der Waals surface area contributed by atoms with E-state index in [0.717, 1.165) is 17.0 Å². The number of aromatic nitrogens is 4. The first kappa shape index (κ1) is 18.9. The Morgan fingerprint density at radius 2 is 1.76 bits per heavy atom. The number of nitrogens with zero attached hydrogens (tertiary/aromatic N) is 4. The molecule has 2 aromatic carbocycles. The number of anilines is 1. The molecule has 1 amide bonds. The number of benzene rings is 2. The van der Waals surface area contributed by atoms with E-state index in [0.29, 0.717) is 28.9 Å². The lowest BCUT2D eigenvalue weighted by molar-refractivity contribution is 0.102. The van der Waals surface area contributed by atoms with Gasteiger partial charge in [-0.2, -0.15) is 5.10 Å². The molecule has 0 aliphatic heterocycles. The van der Waals surface area contributed by atoms with Gasteiger partial charge in [0, 0.05) is 18.4 Å². The van der Waals surface area contributed by atoms with Crippen LogP contribution in [0.15, 0.2) is 59.4 Å². The van der Waals surface area contributed by atoms with Crippen LogP contribution in [0.4, 0.5) is 5.13 Å². The summed E-state index contributed by atoms with van der Waals surface area (Å²) in [5.41, 5.74) is 1.13. The van der Waals surface area contributed by atoms with E-state index in [2.05, 4.69) is 20.6 Å². The molecule has 0 atom stereocenters. The quantitative estimate of drug-likeness (QED) is 0.530. The van der Waals surface area contributed by atoms with Crippen molar-refractivity contribution >= 4 is 33.1 Å². The molecule has 7 nitrogen and oxygen atoms in total. The van der Waals surface area contributed by atoms with Crippen molar-refractivity contribution < 1.29 is 4.79 Å². The molecule has 0 aliphatic rings. The summed E-state index contributed by atoms with van der Waals surface area (Å²) < 4.78 is 1.35. The molecule has 0 aliphatic carbocycles. The van der Waals surface area contributed by atoms with Crippen LogP contribution >= 0.6 is 11.3 Å². The number of rotatable bonds is 6. The van der Waals surface area contributed by atoms with Crippen LogP contribution in [0.5, 0.6) is 0 Å². The second-order valence-corrected chi connectivity index (χ2v) is 7.60. The summed E-state index contributed by atoms with van der Waals surface area (Å²) in [5, 5.41) is 17.5. The van der Waals surface area contributed by atoms with Crippen molar-refractivity contribution in [3.63, 3.8) is 0 Å². The van der Waals surface area contributed by atoms with Crippen molar-refractivity contribution in [2.75, 3.05) is 5.32 Å². The fraction of sp³-hybridized carbons (Fsp3) is 0.190. The average Bonchev–Trinajstić information content (AvgIpc) is 3.17. The molecule has 8 heteroatoms. The molecule has 0 spiro atoms. The van der Waals surface area contributed by atoms with E-state index in [-0.39, 0.29) is 11.3 Å². The van der Waals surface area contributed by atoms with Crippen molar-refractivity contribution in [1.82, 2.24) is 20.0 Å². The van der Waals surface area contributed by atoms with Gasteiger partial charge in [-0.1, -0.05) is 66.8 Å². The molecular weight excluding hydrogens is 386 g/mol. The van der Waals surface area contributed by atoms with Crippen molar-refractivity contribution in [2.24, 2.45) is 0 Å². The molecule has 29 heavy (non-hydrogen) atoms. The summed E-state index contributed by atoms with van der Waals surface area (Å²) in [6.07, 6.45) is 1.39. The molecule has 1 N–H and O–H groups in total. The highest BCUT2D eigenvalue weighted by Crippen LogP contribution is 2.20. The molecule has 0 saturated carbocycles. The molecule has 146 valence electrons. The monoisotopic (exact) mass is 405 g/mol. The van der Waals surface area contributed by atoms with E-state index >= 15 is 0 Å². The van der Waals surface area contributed by atoms with Gasteiger partial charge in [-0.05, 0) is 18.1 Å². The van der Waals surface area contributed by atoms with Gasteiger partial charge < -0.3 is 0 Å². The Bertz CT molecular complexity index is 1220. The van der Waals surface area contributed by atoms with Crippen molar-refractivity contribution in [3.8, 4) is 0 Å². The predicted molar refractivity (Wildman–Crippen MR) is 113 cm³/mol. The molecule has 2 aromatic heterocycles. The summed E-state index contributed by atoms with van der Waals surface area (Å²) in [5.74, 6) is -0.409. The number of hydrogen-bond acceptors (Lipinski definition) is 6. The first-order valence-electron chi connectivity index (χ1n) is 9.33. The van der Waals surface area contributed by atoms with E-state index in [1.54, 1.807) is 24.3 Å². The zero-order valence-corrected chi connectivity index (χ0v) is 16.6. The highest BCUT2D eigenvalue weighted by atomic mass is 32.1. The fourth-order valence-electron chi connectivity index (χ4n) is 3.07. The summed E-state index contributed by atoms with van der Waals surface area (Å²) in [6.45, 7) is 2.41. The minimum absolute atomic E-state index is 0.194. The standard InChI is InChI=1S/C21H19N5O2S/c1-2-12-26-20(28)16-11-7-6-10-15(16)18(25-26)19(27)22-21-24-23-17(29-21)13-14-8-4-3-5-9-14/h3-11H,2,12-13H2,1H3,(H,22,24,27). The van der Waals surface area contributed by atoms with Crippen molar-refractivity contribution in [3.05, 3.63) is 81.2 Å². The Balaban J connectivity index is 1.61. The lowest BCUT2D eigenvalue weighted by Crippen LogP contribution is -2.27. The first-order chi connectivity index (χ1) is 14.2. The molecule has 4 aromatic rings. The second kappa shape index (κ2) is 8.32. The predicted octanol–water partition coefficient (Wildman–Crippen LogP) is 3.50.